The average molecular weight is 255 g/mol. The highest BCUT2D eigenvalue weighted by atomic mass is 16.3. The maximum Gasteiger partial charge on any atom is 0.0781 e. The van der Waals surface area contributed by atoms with Crippen LogP contribution >= 0.6 is 0 Å². The van der Waals surface area contributed by atoms with Crippen molar-refractivity contribution < 1.29 is 5.11 Å². The largest absolute Gasteiger partial charge is 0.389 e. The highest BCUT2D eigenvalue weighted by Crippen LogP contribution is 2.26. The molecule has 0 radical (unpaired) electrons. The Morgan fingerprint density at radius 3 is 2.37 bits per heavy atom. The summed E-state index contributed by atoms with van der Waals surface area (Å²) in [5.74, 6) is 0. The molecule has 19 heavy (non-hydrogen) atoms. The Bertz CT molecular complexity index is 548. The molecule has 0 spiro atoms. The smallest absolute Gasteiger partial charge is 0.0781 e. The van der Waals surface area contributed by atoms with Gasteiger partial charge in [0.05, 0.1) is 6.10 Å². The van der Waals surface area contributed by atoms with E-state index in [2.05, 4.69) is 49.2 Å². The van der Waals surface area contributed by atoms with Crippen LogP contribution in [0, 0.1) is 6.92 Å². The Balaban J connectivity index is 2.26. The molecule has 0 fully saturated rings. The van der Waals surface area contributed by atoms with Gasteiger partial charge in [0.25, 0.3) is 0 Å². The number of rotatable bonds is 4. The molecule has 2 rings (SSSR count). The Labute approximate surface area is 115 Å². The van der Waals surface area contributed by atoms with Crippen molar-refractivity contribution in [2.24, 2.45) is 0 Å². The fraction of sp³-hybridized carbons (Fsp3) is 0.294. The van der Waals surface area contributed by atoms with Crippen molar-refractivity contribution in [1.29, 1.82) is 0 Å². The normalized spacial score (nSPS) is 12.2. The second-order valence-electron chi connectivity index (χ2n) is 5.02. The SMILES string of the molecule is Cc1ccccc1CN(C)c1ccccc1[C@@H](C)O. The maximum atomic E-state index is 9.85. The predicted octanol–water partition coefficient (Wildman–Crippen LogP) is 3.68. The van der Waals surface area contributed by atoms with Gasteiger partial charge in [-0.1, -0.05) is 42.5 Å². The van der Waals surface area contributed by atoms with Gasteiger partial charge in [-0.05, 0) is 31.0 Å². The summed E-state index contributed by atoms with van der Waals surface area (Å²) >= 11 is 0. The zero-order valence-corrected chi connectivity index (χ0v) is 11.8. The molecule has 0 bridgehead atoms. The van der Waals surface area contributed by atoms with Gasteiger partial charge < -0.3 is 10.0 Å². The molecule has 0 amide bonds. The molecule has 0 aliphatic heterocycles. The van der Waals surface area contributed by atoms with Crippen LogP contribution in [0.15, 0.2) is 48.5 Å². The Morgan fingerprint density at radius 2 is 1.68 bits per heavy atom. The highest BCUT2D eigenvalue weighted by molar-refractivity contribution is 5.54. The fourth-order valence-corrected chi connectivity index (χ4v) is 2.32. The summed E-state index contributed by atoms with van der Waals surface area (Å²) in [7, 11) is 2.06. The van der Waals surface area contributed by atoms with Crippen LogP contribution in [0.2, 0.25) is 0 Å². The first kappa shape index (κ1) is 13.6. The molecule has 0 saturated heterocycles. The summed E-state index contributed by atoms with van der Waals surface area (Å²) in [5, 5.41) is 9.85. The minimum Gasteiger partial charge on any atom is -0.389 e. The number of aliphatic hydroxyl groups excluding tert-OH is 1. The molecule has 0 aliphatic rings. The van der Waals surface area contributed by atoms with Crippen molar-refractivity contribution in [2.45, 2.75) is 26.5 Å². The van der Waals surface area contributed by atoms with Gasteiger partial charge >= 0.3 is 0 Å². The summed E-state index contributed by atoms with van der Waals surface area (Å²) in [6.07, 6.45) is -0.449. The molecule has 0 aliphatic carbocycles. The first-order valence-electron chi connectivity index (χ1n) is 6.62. The van der Waals surface area contributed by atoms with E-state index in [0.29, 0.717) is 0 Å². The zero-order valence-electron chi connectivity index (χ0n) is 11.8. The van der Waals surface area contributed by atoms with E-state index in [1.54, 1.807) is 6.92 Å². The molecular weight excluding hydrogens is 234 g/mol. The molecule has 1 N–H and O–H groups in total. The van der Waals surface area contributed by atoms with E-state index in [0.717, 1.165) is 17.8 Å². The maximum absolute atomic E-state index is 9.85. The number of hydrogen-bond donors (Lipinski definition) is 1. The molecule has 0 heterocycles. The third kappa shape index (κ3) is 3.15. The minimum atomic E-state index is -0.449. The van der Waals surface area contributed by atoms with Gasteiger partial charge in [-0.2, -0.15) is 0 Å². The number of para-hydroxylation sites is 1. The van der Waals surface area contributed by atoms with Gasteiger partial charge in [-0.25, -0.2) is 0 Å². The summed E-state index contributed by atoms with van der Waals surface area (Å²) in [6, 6.07) is 16.4. The van der Waals surface area contributed by atoms with Gasteiger partial charge in [-0.15, -0.1) is 0 Å². The van der Waals surface area contributed by atoms with Crippen LogP contribution in [0.5, 0.6) is 0 Å². The number of aliphatic hydroxyl groups is 1. The van der Waals surface area contributed by atoms with E-state index in [9.17, 15) is 5.11 Å². The first-order valence-corrected chi connectivity index (χ1v) is 6.62. The Morgan fingerprint density at radius 1 is 1.05 bits per heavy atom. The van der Waals surface area contributed by atoms with Crippen molar-refractivity contribution in [2.75, 3.05) is 11.9 Å². The van der Waals surface area contributed by atoms with Crippen molar-refractivity contribution in [3.8, 4) is 0 Å². The lowest BCUT2D eigenvalue weighted by Gasteiger charge is -2.24. The lowest BCUT2D eigenvalue weighted by atomic mass is 10.1. The standard InChI is InChI=1S/C17H21NO/c1-13-8-4-5-9-15(13)12-18(3)17-11-7-6-10-16(17)14(2)19/h4-11,14,19H,12H2,1-3H3/t14-/m1/s1. The van der Waals surface area contributed by atoms with Gasteiger partial charge in [0.15, 0.2) is 0 Å². The van der Waals surface area contributed by atoms with E-state index >= 15 is 0 Å². The number of hydrogen-bond acceptors (Lipinski definition) is 2. The molecule has 2 nitrogen and oxygen atoms in total. The average Bonchev–Trinajstić information content (AvgIpc) is 2.41. The zero-order chi connectivity index (χ0) is 13.8. The summed E-state index contributed by atoms with van der Waals surface area (Å²) in [4.78, 5) is 2.18. The number of nitrogens with zero attached hydrogens (tertiary/aromatic N) is 1. The van der Waals surface area contributed by atoms with Crippen LogP contribution in [-0.2, 0) is 6.54 Å². The third-order valence-electron chi connectivity index (χ3n) is 3.47. The predicted molar refractivity (Wildman–Crippen MR) is 80.4 cm³/mol. The van der Waals surface area contributed by atoms with Crippen LogP contribution in [0.25, 0.3) is 0 Å². The second kappa shape index (κ2) is 5.89. The molecule has 0 aromatic heterocycles. The van der Waals surface area contributed by atoms with E-state index in [1.807, 2.05) is 18.2 Å². The molecule has 2 aromatic rings. The summed E-state index contributed by atoms with van der Waals surface area (Å²) in [6.45, 7) is 4.78. The number of anilines is 1. The van der Waals surface area contributed by atoms with Crippen molar-refractivity contribution in [3.63, 3.8) is 0 Å². The van der Waals surface area contributed by atoms with Crippen LogP contribution in [-0.4, -0.2) is 12.2 Å². The number of benzene rings is 2. The van der Waals surface area contributed by atoms with Crippen LogP contribution in [0.1, 0.15) is 29.7 Å². The lowest BCUT2D eigenvalue weighted by Crippen LogP contribution is -2.19. The molecule has 100 valence electrons. The van der Waals surface area contributed by atoms with E-state index in [4.69, 9.17) is 0 Å². The Kier molecular flexibility index (Phi) is 4.23. The second-order valence-corrected chi connectivity index (χ2v) is 5.02. The van der Waals surface area contributed by atoms with Gasteiger partial charge in [0.1, 0.15) is 0 Å². The summed E-state index contributed by atoms with van der Waals surface area (Å²) < 4.78 is 0. The lowest BCUT2D eigenvalue weighted by molar-refractivity contribution is 0.199. The van der Waals surface area contributed by atoms with Gasteiger partial charge in [-0.3, -0.25) is 0 Å². The molecule has 0 saturated carbocycles. The van der Waals surface area contributed by atoms with E-state index < -0.39 is 6.10 Å². The molecule has 1 atom stereocenters. The van der Waals surface area contributed by atoms with E-state index in [1.165, 1.54) is 11.1 Å². The van der Waals surface area contributed by atoms with Gasteiger partial charge in [0.2, 0.25) is 0 Å². The molecule has 2 aromatic carbocycles. The number of aryl methyl sites for hydroxylation is 1. The third-order valence-corrected chi connectivity index (χ3v) is 3.47. The monoisotopic (exact) mass is 255 g/mol. The van der Waals surface area contributed by atoms with Crippen molar-refractivity contribution >= 4 is 5.69 Å². The minimum absolute atomic E-state index is 0.449. The van der Waals surface area contributed by atoms with Crippen LogP contribution in [0.4, 0.5) is 5.69 Å². The quantitative estimate of drug-likeness (QED) is 0.900. The summed E-state index contributed by atoms with van der Waals surface area (Å²) in [5.41, 5.74) is 4.66. The van der Waals surface area contributed by atoms with Gasteiger partial charge in [0, 0.05) is 24.8 Å². The van der Waals surface area contributed by atoms with Crippen LogP contribution < -0.4 is 4.90 Å². The molecule has 2 heteroatoms. The Hall–Kier alpha value is -1.80. The molecular formula is C17H21NO. The fourth-order valence-electron chi connectivity index (χ4n) is 2.32. The topological polar surface area (TPSA) is 23.5 Å². The highest BCUT2D eigenvalue weighted by Gasteiger charge is 2.11. The molecule has 0 unspecified atom stereocenters. The van der Waals surface area contributed by atoms with Crippen molar-refractivity contribution in [3.05, 3.63) is 65.2 Å². The van der Waals surface area contributed by atoms with E-state index in [-0.39, 0.29) is 0 Å². The first-order chi connectivity index (χ1) is 9.09. The van der Waals surface area contributed by atoms with Crippen molar-refractivity contribution in [1.82, 2.24) is 0 Å². The van der Waals surface area contributed by atoms with Crippen LogP contribution in [0.3, 0.4) is 0 Å².